The highest BCUT2D eigenvalue weighted by molar-refractivity contribution is 5.88. The average Bonchev–Trinajstić information content (AvgIpc) is 3.19. The third-order valence-corrected chi connectivity index (χ3v) is 6.31. The summed E-state index contributed by atoms with van der Waals surface area (Å²) < 4.78 is 0. The van der Waals surface area contributed by atoms with Crippen LogP contribution in [-0.2, 0) is 4.79 Å². The van der Waals surface area contributed by atoms with E-state index in [2.05, 4.69) is 60.8 Å². The van der Waals surface area contributed by atoms with E-state index in [4.69, 9.17) is 0 Å². The number of nitrogens with zero attached hydrogens (tertiary/aromatic N) is 2. The van der Waals surface area contributed by atoms with Crippen LogP contribution in [0.15, 0.2) is 84.7 Å². The summed E-state index contributed by atoms with van der Waals surface area (Å²) >= 11 is 0. The highest BCUT2D eigenvalue weighted by Gasteiger charge is 2.33. The van der Waals surface area contributed by atoms with Gasteiger partial charge in [-0.05, 0) is 75.8 Å². The van der Waals surface area contributed by atoms with Crippen molar-refractivity contribution < 1.29 is 4.79 Å². The second kappa shape index (κ2) is 14.2. The molecule has 0 amide bonds. The molecular weight excluding hydrogens is 416 g/mol. The van der Waals surface area contributed by atoms with Gasteiger partial charge in [0.25, 0.3) is 0 Å². The molecule has 2 rings (SSSR count). The molecule has 1 aromatic rings. The Hall–Kier alpha value is -3.07. The van der Waals surface area contributed by atoms with Crippen LogP contribution in [0.2, 0.25) is 0 Å². The van der Waals surface area contributed by atoms with Crippen molar-refractivity contribution in [1.29, 1.82) is 0 Å². The summed E-state index contributed by atoms with van der Waals surface area (Å²) in [5.74, 6) is 1.61. The molecule has 1 fully saturated rings. The molecule has 34 heavy (non-hydrogen) atoms. The summed E-state index contributed by atoms with van der Waals surface area (Å²) in [6.45, 7) is 20.1. The summed E-state index contributed by atoms with van der Waals surface area (Å²) in [5, 5.41) is 0. The molecule has 2 atom stereocenters. The van der Waals surface area contributed by atoms with Crippen molar-refractivity contribution in [1.82, 2.24) is 4.90 Å². The Morgan fingerprint density at radius 3 is 2.76 bits per heavy atom. The van der Waals surface area contributed by atoms with Gasteiger partial charge in [-0.3, -0.25) is 4.79 Å². The molecule has 3 heteroatoms. The van der Waals surface area contributed by atoms with E-state index >= 15 is 0 Å². The second-order valence-electron chi connectivity index (χ2n) is 9.09. The van der Waals surface area contributed by atoms with Crippen LogP contribution in [-0.4, -0.2) is 30.0 Å². The van der Waals surface area contributed by atoms with Gasteiger partial charge in [0.15, 0.2) is 0 Å². The molecule has 0 bridgehead atoms. The molecule has 2 unspecified atom stereocenters. The number of carbonyl (C=O) groups is 1. The van der Waals surface area contributed by atoms with Crippen LogP contribution in [0.5, 0.6) is 0 Å². The molecule has 1 saturated carbocycles. The van der Waals surface area contributed by atoms with Crippen LogP contribution >= 0.6 is 0 Å². The van der Waals surface area contributed by atoms with Crippen molar-refractivity contribution in [3.63, 3.8) is 0 Å². The van der Waals surface area contributed by atoms with Crippen LogP contribution in [0.1, 0.15) is 69.9 Å². The van der Waals surface area contributed by atoms with E-state index in [9.17, 15) is 4.79 Å². The van der Waals surface area contributed by atoms with Crippen molar-refractivity contribution in [3.8, 4) is 0 Å². The molecule has 0 aromatic heterocycles. The number of rotatable bonds is 14. The highest BCUT2D eigenvalue weighted by Crippen LogP contribution is 2.39. The zero-order chi connectivity index (χ0) is 24.9. The van der Waals surface area contributed by atoms with E-state index in [-0.39, 0.29) is 5.92 Å². The first-order valence-corrected chi connectivity index (χ1v) is 12.4. The Morgan fingerprint density at radius 1 is 1.29 bits per heavy atom. The minimum Gasteiger partial charge on any atom is -0.357 e. The van der Waals surface area contributed by atoms with Gasteiger partial charge in [0.05, 0.1) is 11.6 Å². The maximum Gasteiger partial charge on any atom is 0.140 e. The summed E-state index contributed by atoms with van der Waals surface area (Å²) in [6, 6.07) is 8.40. The SMILES string of the molecule is C=C[CH+]C=C(C(=C)C)c1cccc(C2CC(CCCN(CCC)C(=C)N=C/C=C\C)CC2=O)c1. The predicted molar refractivity (Wildman–Crippen MR) is 148 cm³/mol. The van der Waals surface area contributed by atoms with Crippen LogP contribution in [0.4, 0.5) is 0 Å². The number of benzene rings is 1. The van der Waals surface area contributed by atoms with Gasteiger partial charge in [0, 0.05) is 55.3 Å². The van der Waals surface area contributed by atoms with Crippen molar-refractivity contribution in [2.75, 3.05) is 13.1 Å². The van der Waals surface area contributed by atoms with Crippen molar-refractivity contribution >= 4 is 17.6 Å². The molecule has 0 radical (unpaired) electrons. The number of hydrogen-bond acceptors (Lipinski definition) is 3. The summed E-state index contributed by atoms with van der Waals surface area (Å²) in [4.78, 5) is 19.6. The van der Waals surface area contributed by atoms with Gasteiger partial charge in [-0.25, -0.2) is 4.99 Å². The Kier molecular flexibility index (Phi) is 11.4. The first kappa shape index (κ1) is 27.2. The summed E-state index contributed by atoms with van der Waals surface area (Å²) in [7, 11) is 0. The lowest BCUT2D eigenvalue weighted by Gasteiger charge is -2.24. The number of aliphatic imine (C=N–C) groups is 1. The monoisotopic (exact) mass is 457 g/mol. The van der Waals surface area contributed by atoms with E-state index in [1.807, 2.05) is 38.5 Å². The summed E-state index contributed by atoms with van der Waals surface area (Å²) in [5.41, 5.74) is 4.30. The topological polar surface area (TPSA) is 32.7 Å². The molecule has 0 aliphatic heterocycles. The van der Waals surface area contributed by atoms with Gasteiger partial charge in [-0.1, -0.05) is 38.3 Å². The normalized spacial score (nSPS) is 18.6. The fraction of sp³-hybridized carbons (Fsp3) is 0.387. The Balaban J connectivity index is 2.00. The van der Waals surface area contributed by atoms with E-state index < -0.39 is 0 Å². The third-order valence-electron chi connectivity index (χ3n) is 6.31. The van der Waals surface area contributed by atoms with E-state index in [1.165, 1.54) is 0 Å². The minimum absolute atomic E-state index is 0.00755. The molecule has 0 saturated heterocycles. The summed E-state index contributed by atoms with van der Waals surface area (Å²) in [6.07, 6.45) is 16.2. The standard InChI is InChI=1S/C31H41N2O/c1-7-10-17-29(24(4)5)27-15-12-16-28(23-27)30-21-26(22-31(30)34)14-13-20-33(19-9-3)25(6)32-18-11-8-2/h7-8,10-12,15-18,23,26,30H,1,4,6,9,13-14,19-22H2,2-3,5H3/q+1/b11-8-,29-17?,32-18?. The lowest BCUT2D eigenvalue weighted by Crippen LogP contribution is -2.24. The van der Waals surface area contributed by atoms with Gasteiger partial charge in [0.1, 0.15) is 11.6 Å². The number of carbonyl (C=O) groups excluding carboxylic acids is 1. The quantitative estimate of drug-likeness (QED) is 0.163. The van der Waals surface area contributed by atoms with E-state index in [1.54, 1.807) is 12.3 Å². The fourth-order valence-corrected chi connectivity index (χ4v) is 4.60. The van der Waals surface area contributed by atoms with Crippen molar-refractivity contribution in [3.05, 3.63) is 97.2 Å². The lowest BCUT2D eigenvalue weighted by atomic mass is 9.90. The van der Waals surface area contributed by atoms with Crippen molar-refractivity contribution in [2.24, 2.45) is 10.9 Å². The Morgan fingerprint density at radius 2 is 2.09 bits per heavy atom. The molecule has 180 valence electrons. The maximum atomic E-state index is 12.9. The first-order chi connectivity index (χ1) is 16.4. The third kappa shape index (κ3) is 8.06. The first-order valence-electron chi connectivity index (χ1n) is 12.4. The molecule has 1 aliphatic rings. The van der Waals surface area contributed by atoms with Gasteiger partial charge in [-0.15, -0.1) is 0 Å². The van der Waals surface area contributed by atoms with Crippen molar-refractivity contribution in [2.45, 2.75) is 58.8 Å². The zero-order valence-electron chi connectivity index (χ0n) is 21.3. The smallest absolute Gasteiger partial charge is 0.140 e. The van der Waals surface area contributed by atoms with Gasteiger partial charge >= 0.3 is 0 Å². The predicted octanol–water partition coefficient (Wildman–Crippen LogP) is 7.71. The largest absolute Gasteiger partial charge is 0.357 e. The van der Waals surface area contributed by atoms with Gasteiger partial charge in [0.2, 0.25) is 0 Å². The minimum atomic E-state index is -0.00755. The van der Waals surface area contributed by atoms with E-state index in [0.29, 0.717) is 18.1 Å². The van der Waals surface area contributed by atoms with Gasteiger partial charge in [-0.2, -0.15) is 0 Å². The second-order valence-corrected chi connectivity index (χ2v) is 9.09. The molecule has 3 nitrogen and oxygen atoms in total. The molecule has 0 N–H and O–H groups in total. The Bertz CT molecular complexity index is 950. The number of allylic oxidation sites excluding steroid dienone is 6. The molecule has 1 aromatic carbocycles. The lowest BCUT2D eigenvalue weighted by molar-refractivity contribution is -0.118. The molecule has 0 heterocycles. The fourth-order valence-electron chi connectivity index (χ4n) is 4.60. The molecule has 0 spiro atoms. The highest BCUT2D eigenvalue weighted by atomic mass is 16.1. The molecule has 1 aliphatic carbocycles. The number of Topliss-reactive ketones (excluding diaryl/α,β-unsaturated/α-hetero) is 1. The van der Waals surface area contributed by atoms with Crippen LogP contribution in [0, 0.1) is 12.3 Å². The average molecular weight is 458 g/mol. The maximum absolute atomic E-state index is 12.9. The Labute approximate surface area is 207 Å². The van der Waals surface area contributed by atoms with Crippen LogP contribution in [0.3, 0.4) is 0 Å². The number of ketones is 1. The van der Waals surface area contributed by atoms with Gasteiger partial charge < -0.3 is 4.90 Å². The molecular formula is C31H41N2O+. The van der Waals surface area contributed by atoms with E-state index in [0.717, 1.165) is 66.9 Å². The zero-order valence-corrected chi connectivity index (χ0v) is 21.3. The number of hydrogen-bond donors (Lipinski definition) is 0. The van der Waals surface area contributed by atoms with Crippen LogP contribution < -0.4 is 0 Å². The van der Waals surface area contributed by atoms with Crippen LogP contribution in [0.25, 0.3) is 5.57 Å².